The Morgan fingerprint density at radius 2 is 0.917 bits per heavy atom. The van der Waals surface area contributed by atoms with E-state index in [2.05, 4.69) is 0 Å². The zero-order valence-corrected chi connectivity index (χ0v) is 20.2. The zero-order chi connectivity index (χ0) is 25.3. The largest absolute Gasteiger partial charge is 0.457 e. The first-order valence-corrected chi connectivity index (χ1v) is 12.0. The molecule has 1 saturated carbocycles. The number of carbonyl (C=O) groups excluding carboxylic acids is 1. The van der Waals surface area contributed by atoms with E-state index in [1.54, 1.807) is 0 Å². The normalized spacial score (nSPS) is 25.9. The number of rotatable bonds is 10. The Labute approximate surface area is 211 Å². The Hall–Kier alpha value is -3.07. The highest BCUT2D eigenvalue weighted by Crippen LogP contribution is 2.32. The van der Waals surface area contributed by atoms with E-state index in [-0.39, 0.29) is 19.8 Å². The molecular formula is C29H32O7. The van der Waals surface area contributed by atoms with E-state index in [0.29, 0.717) is 0 Å². The van der Waals surface area contributed by atoms with Crippen LogP contribution in [0.3, 0.4) is 0 Å². The van der Waals surface area contributed by atoms with E-state index < -0.39 is 42.6 Å². The van der Waals surface area contributed by atoms with Crippen LogP contribution in [0.5, 0.6) is 0 Å². The molecule has 1 aliphatic carbocycles. The molecule has 0 heterocycles. The molecule has 1 aliphatic rings. The molecule has 3 aromatic carbocycles. The van der Waals surface area contributed by atoms with Gasteiger partial charge in [-0.05, 0) is 16.7 Å². The van der Waals surface area contributed by atoms with Gasteiger partial charge < -0.3 is 29.2 Å². The van der Waals surface area contributed by atoms with Crippen LogP contribution in [0.4, 0.5) is 0 Å². The van der Waals surface area contributed by atoms with E-state index in [0.717, 1.165) is 16.7 Å². The molecular weight excluding hydrogens is 460 g/mol. The van der Waals surface area contributed by atoms with Crippen molar-refractivity contribution in [2.24, 2.45) is 0 Å². The molecule has 2 N–H and O–H groups in total. The number of aliphatic hydroxyl groups excluding tert-OH is 2. The van der Waals surface area contributed by atoms with Crippen LogP contribution < -0.4 is 0 Å². The van der Waals surface area contributed by atoms with Gasteiger partial charge in [-0.2, -0.15) is 0 Å². The molecule has 0 unspecified atom stereocenters. The van der Waals surface area contributed by atoms with Crippen LogP contribution in [0.1, 0.15) is 23.6 Å². The topological polar surface area (TPSA) is 94.5 Å². The molecule has 7 heteroatoms. The van der Waals surface area contributed by atoms with Crippen molar-refractivity contribution >= 4 is 5.97 Å². The van der Waals surface area contributed by atoms with Gasteiger partial charge in [0.25, 0.3) is 0 Å². The van der Waals surface area contributed by atoms with Gasteiger partial charge in [-0.25, -0.2) is 0 Å². The molecule has 0 aliphatic heterocycles. The van der Waals surface area contributed by atoms with Gasteiger partial charge in [0.05, 0.1) is 19.8 Å². The summed E-state index contributed by atoms with van der Waals surface area (Å²) in [4.78, 5) is 11.9. The summed E-state index contributed by atoms with van der Waals surface area (Å²) in [5, 5.41) is 22.0. The average molecular weight is 493 g/mol. The number of hydrogen-bond acceptors (Lipinski definition) is 7. The maximum Gasteiger partial charge on any atom is 0.303 e. The summed E-state index contributed by atoms with van der Waals surface area (Å²) in [6.45, 7) is 1.87. The van der Waals surface area contributed by atoms with Crippen LogP contribution in [0.2, 0.25) is 0 Å². The van der Waals surface area contributed by atoms with E-state index >= 15 is 0 Å². The number of ether oxygens (including phenoxy) is 4. The highest BCUT2D eigenvalue weighted by atomic mass is 16.6. The minimum Gasteiger partial charge on any atom is -0.457 e. The second-order valence-electron chi connectivity index (χ2n) is 8.84. The van der Waals surface area contributed by atoms with Crippen molar-refractivity contribution < 1.29 is 34.0 Å². The molecule has 3 aromatic rings. The minimum atomic E-state index is -1.42. The molecule has 36 heavy (non-hydrogen) atoms. The highest BCUT2D eigenvalue weighted by molar-refractivity contribution is 5.66. The summed E-state index contributed by atoms with van der Waals surface area (Å²) in [5.41, 5.74) is 2.74. The number of carbonyl (C=O) groups is 1. The predicted molar refractivity (Wildman–Crippen MR) is 133 cm³/mol. The molecule has 0 bridgehead atoms. The van der Waals surface area contributed by atoms with Gasteiger partial charge in [-0.3, -0.25) is 4.79 Å². The van der Waals surface area contributed by atoms with Crippen LogP contribution >= 0.6 is 0 Å². The SMILES string of the molecule is CC(=O)O[C@@H]1[C@H](O)[C@H](O)[C@@H](OCc2ccccc2)[C@H](OCc2ccccc2)[C@H]1OCc1ccccc1. The van der Waals surface area contributed by atoms with Crippen molar-refractivity contribution in [3.63, 3.8) is 0 Å². The number of esters is 1. The number of aliphatic hydroxyl groups is 2. The van der Waals surface area contributed by atoms with Crippen molar-refractivity contribution in [2.75, 3.05) is 0 Å². The summed E-state index contributed by atoms with van der Waals surface area (Å²) >= 11 is 0. The average Bonchev–Trinajstić information content (AvgIpc) is 2.91. The van der Waals surface area contributed by atoms with Crippen molar-refractivity contribution in [3.8, 4) is 0 Å². The lowest BCUT2D eigenvalue weighted by atomic mass is 9.84. The third kappa shape index (κ3) is 6.78. The lowest BCUT2D eigenvalue weighted by Crippen LogP contribution is -2.66. The fourth-order valence-corrected chi connectivity index (χ4v) is 4.35. The predicted octanol–water partition coefficient (Wildman–Crippen LogP) is 3.41. The van der Waals surface area contributed by atoms with Crippen molar-refractivity contribution in [1.29, 1.82) is 0 Å². The van der Waals surface area contributed by atoms with E-state index in [1.807, 2.05) is 91.0 Å². The van der Waals surface area contributed by atoms with Gasteiger partial charge in [-0.1, -0.05) is 91.0 Å². The van der Waals surface area contributed by atoms with Crippen LogP contribution in [0, 0.1) is 0 Å². The molecule has 6 atom stereocenters. The summed E-state index contributed by atoms with van der Waals surface area (Å²) in [5.74, 6) is -0.593. The molecule has 4 rings (SSSR count). The maximum atomic E-state index is 11.9. The van der Waals surface area contributed by atoms with Crippen molar-refractivity contribution in [2.45, 2.75) is 63.4 Å². The Balaban J connectivity index is 1.61. The van der Waals surface area contributed by atoms with Gasteiger partial charge in [-0.15, -0.1) is 0 Å². The quantitative estimate of drug-likeness (QED) is 0.419. The summed E-state index contributed by atoms with van der Waals surface area (Å²) in [7, 11) is 0. The van der Waals surface area contributed by atoms with E-state index in [1.165, 1.54) is 6.92 Å². The first-order chi connectivity index (χ1) is 17.5. The molecule has 0 saturated heterocycles. The molecule has 0 spiro atoms. The smallest absolute Gasteiger partial charge is 0.303 e. The van der Waals surface area contributed by atoms with E-state index in [9.17, 15) is 15.0 Å². The summed E-state index contributed by atoms with van der Waals surface area (Å²) < 4.78 is 24.1. The molecule has 0 radical (unpaired) electrons. The minimum absolute atomic E-state index is 0.197. The van der Waals surface area contributed by atoms with Crippen molar-refractivity contribution in [1.82, 2.24) is 0 Å². The van der Waals surface area contributed by atoms with Gasteiger partial charge in [0.15, 0.2) is 6.10 Å². The Morgan fingerprint density at radius 1 is 0.583 bits per heavy atom. The fourth-order valence-electron chi connectivity index (χ4n) is 4.35. The van der Waals surface area contributed by atoms with Gasteiger partial charge in [0.1, 0.15) is 30.5 Å². The molecule has 190 valence electrons. The number of hydrogen-bond donors (Lipinski definition) is 2. The monoisotopic (exact) mass is 492 g/mol. The standard InChI is InChI=1S/C29H32O7/c1-20(30)36-27-25(32)24(31)26(33-17-21-11-5-2-6-12-21)28(34-18-22-13-7-3-8-14-22)29(27)35-19-23-15-9-4-10-16-23/h2-16,24-29,31-32H,17-19H2,1H3/t24-,25+,26+,27+,28-,29-/m0/s1. The summed E-state index contributed by atoms with van der Waals surface area (Å²) in [6.07, 6.45) is -6.59. The Morgan fingerprint density at radius 3 is 1.31 bits per heavy atom. The molecule has 7 nitrogen and oxygen atoms in total. The third-order valence-electron chi connectivity index (χ3n) is 6.15. The van der Waals surface area contributed by atoms with Gasteiger partial charge in [0, 0.05) is 6.92 Å². The molecule has 1 fully saturated rings. The Bertz CT molecular complexity index is 1060. The van der Waals surface area contributed by atoms with Crippen molar-refractivity contribution in [3.05, 3.63) is 108 Å². The van der Waals surface area contributed by atoms with Gasteiger partial charge in [0.2, 0.25) is 0 Å². The number of benzene rings is 3. The summed E-state index contributed by atoms with van der Waals surface area (Å²) in [6, 6.07) is 28.7. The lowest BCUT2D eigenvalue weighted by Gasteiger charge is -2.46. The van der Waals surface area contributed by atoms with E-state index in [4.69, 9.17) is 18.9 Å². The van der Waals surface area contributed by atoms with Gasteiger partial charge >= 0.3 is 5.97 Å². The van der Waals surface area contributed by atoms with Crippen LogP contribution in [-0.2, 0) is 43.6 Å². The fraction of sp³-hybridized carbons (Fsp3) is 0.345. The second kappa shape index (κ2) is 12.8. The first kappa shape index (κ1) is 26.0. The maximum absolute atomic E-state index is 11.9. The van der Waals surface area contributed by atoms with Crippen LogP contribution in [0.15, 0.2) is 91.0 Å². The molecule has 0 amide bonds. The molecule has 0 aromatic heterocycles. The van der Waals surface area contributed by atoms with Crippen LogP contribution in [0.25, 0.3) is 0 Å². The zero-order valence-electron chi connectivity index (χ0n) is 20.2. The lowest BCUT2D eigenvalue weighted by molar-refractivity contribution is -0.267. The first-order valence-electron chi connectivity index (χ1n) is 12.0. The second-order valence-corrected chi connectivity index (χ2v) is 8.84. The highest BCUT2D eigenvalue weighted by Gasteiger charge is 2.53. The van der Waals surface area contributed by atoms with Crippen LogP contribution in [-0.4, -0.2) is 52.8 Å². The third-order valence-corrected chi connectivity index (χ3v) is 6.15. The Kier molecular flexibility index (Phi) is 9.22.